The van der Waals surface area contributed by atoms with E-state index >= 15 is 0 Å². The second-order valence-electron chi connectivity index (χ2n) is 4.65. The minimum atomic E-state index is -0.758. The van der Waals surface area contributed by atoms with Crippen LogP contribution in [0.2, 0.25) is 0 Å². The Hall–Kier alpha value is -1.54. The summed E-state index contributed by atoms with van der Waals surface area (Å²) in [6.45, 7) is 4.06. The maximum absolute atomic E-state index is 9.87. The number of ether oxygens (including phenoxy) is 1. The number of aliphatic hydroxyl groups is 1. The van der Waals surface area contributed by atoms with Gasteiger partial charge in [0, 0.05) is 0 Å². The molecule has 1 unspecified atom stereocenters. The lowest BCUT2D eigenvalue weighted by atomic mass is 10.1. The minimum Gasteiger partial charge on any atom is -0.491 e. The smallest absolute Gasteiger partial charge is 0.120 e. The molecule has 2 nitrogen and oxygen atoms in total. The molecule has 0 heterocycles. The van der Waals surface area contributed by atoms with E-state index in [1.54, 1.807) is 6.92 Å². The molecule has 0 bridgehead atoms. The molecule has 0 aliphatic heterocycles. The molecular formula is C15H18O2. The molecule has 0 fully saturated rings. The highest BCUT2D eigenvalue weighted by Crippen LogP contribution is 2.21. The Balaban J connectivity index is 2.14. The number of hydrogen-bond acceptors (Lipinski definition) is 2. The van der Waals surface area contributed by atoms with Gasteiger partial charge in [-0.3, -0.25) is 0 Å². The molecule has 0 aliphatic carbocycles. The second-order valence-corrected chi connectivity index (χ2v) is 4.65. The normalized spacial score (nSPS) is 14.5. The van der Waals surface area contributed by atoms with Crippen molar-refractivity contribution in [2.45, 2.75) is 25.9 Å². The zero-order valence-electron chi connectivity index (χ0n) is 10.3. The first-order valence-corrected chi connectivity index (χ1v) is 5.95. The molecule has 0 aliphatic rings. The summed E-state index contributed by atoms with van der Waals surface area (Å²) in [4.78, 5) is 0. The largest absolute Gasteiger partial charge is 0.491 e. The maximum atomic E-state index is 9.87. The number of benzene rings is 2. The third-order valence-corrected chi connectivity index (χ3v) is 3.03. The van der Waals surface area contributed by atoms with Gasteiger partial charge in [0.2, 0.25) is 0 Å². The van der Waals surface area contributed by atoms with Gasteiger partial charge in [-0.15, -0.1) is 0 Å². The summed E-state index contributed by atoms with van der Waals surface area (Å²) in [6.07, 6.45) is 0.681. The number of rotatable bonds is 4. The van der Waals surface area contributed by atoms with E-state index in [0.717, 1.165) is 11.1 Å². The third kappa shape index (κ3) is 2.98. The van der Waals surface area contributed by atoms with Crippen LogP contribution in [-0.4, -0.2) is 17.3 Å². The van der Waals surface area contributed by atoms with Gasteiger partial charge in [-0.2, -0.15) is 0 Å². The van der Waals surface area contributed by atoms with Gasteiger partial charge in [0.25, 0.3) is 0 Å². The summed E-state index contributed by atoms with van der Waals surface area (Å²) in [5, 5.41) is 12.2. The summed E-state index contributed by atoms with van der Waals surface area (Å²) in [5.41, 5.74) is -0.758. The van der Waals surface area contributed by atoms with E-state index in [-0.39, 0.29) is 0 Å². The van der Waals surface area contributed by atoms with Crippen LogP contribution in [0.3, 0.4) is 0 Å². The van der Waals surface area contributed by atoms with Gasteiger partial charge >= 0.3 is 0 Å². The van der Waals surface area contributed by atoms with Gasteiger partial charge < -0.3 is 9.84 Å². The van der Waals surface area contributed by atoms with Crippen LogP contribution in [0.15, 0.2) is 42.5 Å². The molecule has 0 radical (unpaired) electrons. The quantitative estimate of drug-likeness (QED) is 0.872. The monoisotopic (exact) mass is 230 g/mol. The Kier molecular flexibility index (Phi) is 3.34. The van der Waals surface area contributed by atoms with Crippen LogP contribution in [0.25, 0.3) is 10.8 Å². The molecule has 0 amide bonds. The molecule has 2 aromatic rings. The maximum Gasteiger partial charge on any atom is 0.120 e. The van der Waals surface area contributed by atoms with Crippen LogP contribution in [0.5, 0.6) is 5.75 Å². The van der Waals surface area contributed by atoms with Crippen LogP contribution in [0, 0.1) is 0 Å². The first-order valence-electron chi connectivity index (χ1n) is 5.95. The summed E-state index contributed by atoms with van der Waals surface area (Å²) >= 11 is 0. The van der Waals surface area contributed by atoms with Crippen LogP contribution in [0.4, 0.5) is 0 Å². The Morgan fingerprint density at radius 1 is 1.12 bits per heavy atom. The van der Waals surface area contributed by atoms with Crippen LogP contribution in [0.1, 0.15) is 20.3 Å². The lowest BCUT2D eigenvalue weighted by molar-refractivity contribution is 0.00851. The van der Waals surface area contributed by atoms with Gasteiger partial charge in [-0.1, -0.05) is 37.3 Å². The lowest BCUT2D eigenvalue weighted by Gasteiger charge is -2.21. The highest BCUT2D eigenvalue weighted by Gasteiger charge is 2.18. The third-order valence-electron chi connectivity index (χ3n) is 3.03. The Labute approximate surface area is 102 Å². The Morgan fingerprint density at radius 3 is 2.53 bits per heavy atom. The van der Waals surface area contributed by atoms with Crippen molar-refractivity contribution >= 4 is 10.8 Å². The van der Waals surface area contributed by atoms with E-state index in [1.807, 2.05) is 37.3 Å². The van der Waals surface area contributed by atoms with Crippen LogP contribution >= 0.6 is 0 Å². The molecule has 0 spiro atoms. The van der Waals surface area contributed by atoms with Crippen molar-refractivity contribution in [3.63, 3.8) is 0 Å². The number of fused-ring (bicyclic) bond motifs is 1. The highest BCUT2D eigenvalue weighted by molar-refractivity contribution is 5.83. The van der Waals surface area contributed by atoms with Gasteiger partial charge in [-0.05, 0) is 36.2 Å². The summed E-state index contributed by atoms with van der Waals surface area (Å²) in [7, 11) is 0. The van der Waals surface area contributed by atoms with Crippen molar-refractivity contribution in [1.82, 2.24) is 0 Å². The molecule has 90 valence electrons. The molecule has 2 rings (SSSR count). The highest BCUT2D eigenvalue weighted by atomic mass is 16.5. The van der Waals surface area contributed by atoms with E-state index in [2.05, 4.69) is 12.1 Å². The topological polar surface area (TPSA) is 29.5 Å². The lowest BCUT2D eigenvalue weighted by Crippen LogP contribution is -2.31. The Bertz CT molecular complexity index is 503. The van der Waals surface area contributed by atoms with Crippen LogP contribution < -0.4 is 4.74 Å². The average Bonchev–Trinajstić information content (AvgIpc) is 2.36. The fourth-order valence-corrected chi connectivity index (χ4v) is 1.60. The predicted molar refractivity (Wildman–Crippen MR) is 70.4 cm³/mol. The molecule has 0 saturated heterocycles. The van der Waals surface area contributed by atoms with Gasteiger partial charge in [0.1, 0.15) is 12.4 Å². The van der Waals surface area contributed by atoms with Crippen molar-refractivity contribution in [2.75, 3.05) is 6.61 Å². The van der Waals surface area contributed by atoms with Crippen LogP contribution in [-0.2, 0) is 0 Å². The van der Waals surface area contributed by atoms with Crippen molar-refractivity contribution in [1.29, 1.82) is 0 Å². The first kappa shape index (κ1) is 11.9. The van der Waals surface area contributed by atoms with Crippen molar-refractivity contribution in [3.8, 4) is 5.75 Å². The fourth-order valence-electron chi connectivity index (χ4n) is 1.60. The van der Waals surface area contributed by atoms with E-state index in [9.17, 15) is 5.11 Å². The molecule has 0 aromatic heterocycles. The van der Waals surface area contributed by atoms with Crippen molar-refractivity contribution < 1.29 is 9.84 Å². The van der Waals surface area contributed by atoms with Gasteiger partial charge in [0.15, 0.2) is 0 Å². The van der Waals surface area contributed by atoms with E-state index in [0.29, 0.717) is 13.0 Å². The van der Waals surface area contributed by atoms with E-state index in [1.165, 1.54) is 5.39 Å². The predicted octanol–water partition coefficient (Wildman–Crippen LogP) is 3.38. The van der Waals surface area contributed by atoms with E-state index < -0.39 is 5.60 Å². The summed E-state index contributed by atoms with van der Waals surface area (Å²) in [5.74, 6) is 0.803. The fraction of sp³-hybridized carbons (Fsp3) is 0.333. The molecule has 17 heavy (non-hydrogen) atoms. The molecule has 1 atom stereocenters. The summed E-state index contributed by atoms with van der Waals surface area (Å²) in [6, 6.07) is 14.1. The first-order chi connectivity index (χ1) is 8.11. The SMILES string of the molecule is CCC(C)(O)COc1ccc2ccccc2c1. The molecule has 1 N–H and O–H groups in total. The zero-order valence-corrected chi connectivity index (χ0v) is 10.3. The van der Waals surface area contributed by atoms with E-state index in [4.69, 9.17) is 4.74 Å². The zero-order chi connectivity index (χ0) is 12.3. The van der Waals surface area contributed by atoms with Crippen molar-refractivity contribution in [3.05, 3.63) is 42.5 Å². The average molecular weight is 230 g/mol. The number of hydrogen-bond donors (Lipinski definition) is 1. The van der Waals surface area contributed by atoms with Crippen molar-refractivity contribution in [2.24, 2.45) is 0 Å². The Morgan fingerprint density at radius 2 is 1.82 bits per heavy atom. The molecule has 2 aromatic carbocycles. The molecule has 0 saturated carbocycles. The molecular weight excluding hydrogens is 212 g/mol. The minimum absolute atomic E-state index is 0.321. The second kappa shape index (κ2) is 4.76. The summed E-state index contributed by atoms with van der Waals surface area (Å²) < 4.78 is 5.62. The van der Waals surface area contributed by atoms with Gasteiger partial charge in [-0.25, -0.2) is 0 Å². The standard InChI is InChI=1S/C15H18O2/c1-3-15(2,16)11-17-14-9-8-12-6-4-5-7-13(12)10-14/h4-10,16H,3,11H2,1-2H3. The van der Waals surface area contributed by atoms with Gasteiger partial charge in [0.05, 0.1) is 5.60 Å². The molecule has 2 heteroatoms.